The Labute approximate surface area is 211 Å². The van der Waals surface area contributed by atoms with Crippen molar-refractivity contribution in [2.45, 2.75) is 45.4 Å². The third-order valence-corrected chi connectivity index (χ3v) is 6.38. The quantitative estimate of drug-likeness (QED) is 0.290. The first-order valence-electron chi connectivity index (χ1n) is 11.4. The van der Waals surface area contributed by atoms with Crippen LogP contribution in [0.25, 0.3) is 0 Å². The number of Topliss-reactive ketones (excluding diaryl/α,β-unsaturated/α-hetero) is 1. The molecule has 2 N–H and O–H groups in total. The molecule has 0 bridgehead atoms. The Kier molecular flexibility index (Phi) is 12.6. The lowest BCUT2D eigenvalue weighted by Crippen LogP contribution is -2.53. The number of halogens is 1. The molecular formula is C26H33ClN2O4S. The minimum Gasteiger partial charge on any atom is -0.445 e. The molecule has 2 aromatic rings. The Bertz CT molecular complexity index is 896. The molecule has 34 heavy (non-hydrogen) atoms. The molecule has 0 heterocycles. The van der Waals surface area contributed by atoms with E-state index in [2.05, 4.69) is 10.6 Å². The highest BCUT2D eigenvalue weighted by Crippen LogP contribution is 2.11. The molecule has 6 nitrogen and oxygen atoms in total. The molecular weight excluding hydrogens is 472 g/mol. The van der Waals surface area contributed by atoms with Gasteiger partial charge in [-0.2, -0.15) is 11.8 Å². The molecule has 2 atom stereocenters. The van der Waals surface area contributed by atoms with Crippen LogP contribution in [0.2, 0.25) is 0 Å². The zero-order valence-electron chi connectivity index (χ0n) is 19.7. The van der Waals surface area contributed by atoms with E-state index in [0.29, 0.717) is 24.5 Å². The molecule has 0 aliphatic rings. The fourth-order valence-electron chi connectivity index (χ4n) is 3.31. The van der Waals surface area contributed by atoms with Crippen LogP contribution in [-0.2, 0) is 27.4 Å². The van der Waals surface area contributed by atoms with E-state index in [1.807, 2.05) is 74.5 Å². The lowest BCUT2D eigenvalue weighted by atomic mass is 10.00. The predicted molar refractivity (Wildman–Crippen MR) is 138 cm³/mol. The zero-order valence-corrected chi connectivity index (χ0v) is 21.2. The molecule has 2 rings (SSSR count). The van der Waals surface area contributed by atoms with Gasteiger partial charge in [-0.25, -0.2) is 4.79 Å². The molecule has 184 valence electrons. The summed E-state index contributed by atoms with van der Waals surface area (Å²) in [7, 11) is 0. The highest BCUT2D eigenvalue weighted by Gasteiger charge is 2.28. The van der Waals surface area contributed by atoms with Crippen molar-refractivity contribution in [2.75, 3.05) is 17.4 Å². The number of amides is 2. The lowest BCUT2D eigenvalue weighted by molar-refractivity contribution is -0.128. The molecule has 0 radical (unpaired) electrons. The Balaban J connectivity index is 2.04. The SMILES string of the molecule is CC(C)CC(NC(=O)OCc1ccccc1)C(=O)NC(Cc1ccccc1)C(=O)CSCCCl. The first-order chi connectivity index (χ1) is 16.4. The average molecular weight is 505 g/mol. The molecule has 0 aromatic heterocycles. The van der Waals surface area contributed by atoms with Crippen molar-refractivity contribution in [2.24, 2.45) is 5.92 Å². The third-order valence-electron chi connectivity index (χ3n) is 4.98. The summed E-state index contributed by atoms with van der Waals surface area (Å²) in [5, 5.41) is 5.54. The monoisotopic (exact) mass is 504 g/mol. The Morgan fingerprint density at radius 3 is 2.12 bits per heavy atom. The van der Waals surface area contributed by atoms with E-state index in [1.165, 1.54) is 11.8 Å². The molecule has 0 aliphatic heterocycles. The number of ether oxygens (including phenoxy) is 1. The van der Waals surface area contributed by atoms with Crippen molar-refractivity contribution in [1.29, 1.82) is 0 Å². The van der Waals surface area contributed by atoms with Crippen molar-refractivity contribution in [1.82, 2.24) is 10.6 Å². The third kappa shape index (κ3) is 10.6. The van der Waals surface area contributed by atoms with Gasteiger partial charge < -0.3 is 15.4 Å². The van der Waals surface area contributed by atoms with Crippen molar-refractivity contribution in [3.63, 3.8) is 0 Å². The maximum Gasteiger partial charge on any atom is 0.408 e. The second-order valence-electron chi connectivity index (χ2n) is 8.35. The highest BCUT2D eigenvalue weighted by molar-refractivity contribution is 8.00. The number of hydrogen-bond donors (Lipinski definition) is 2. The smallest absolute Gasteiger partial charge is 0.408 e. The predicted octanol–water partition coefficient (Wildman–Crippen LogP) is 4.60. The number of carbonyl (C=O) groups excluding carboxylic acids is 3. The van der Waals surface area contributed by atoms with Gasteiger partial charge in [-0.15, -0.1) is 11.6 Å². The molecule has 8 heteroatoms. The maximum atomic E-state index is 13.2. The van der Waals surface area contributed by atoms with Crippen LogP contribution in [0.4, 0.5) is 4.79 Å². The van der Waals surface area contributed by atoms with Gasteiger partial charge in [0.2, 0.25) is 5.91 Å². The number of ketones is 1. The van der Waals surface area contributed by atoms with E-state index >= 15 is 0 Å². The van der Waals surface area contributed by atoms with E-state index in [0.717, 1.165) is 11.1 Å². The summed E-state index contributed by atoms with van der Waals surface area (Å²) in [5.74, 6) is 1.03. The normalized spacial score (nSPS) is 12.6. The number of thioether (sulfide) groups is 1. The fourth-order valence-corrected chi connectivity index (χ4v) is 4.29. The zero-order chi connectivity index (χ0) is 24.8. The molecule has 2 aromatic carbocycles. The van der Waals surface area contributed by atoms with Crippen molar-refractivity contribution >= 4 is 41.1 Å². The summed E-state index contributed by atoms with van der Waals surface area (Å²) < 4.78 is 5.29. The fraction of sp³-hybridized carbons (Fsp3) is 0.423. The Morgan fingerprint density at radius 2 is 1.53 bits per heavy atom. The van der Waals surface area contributed by atoms with E-state index in [9.17, 15) is 14.4 Å². The van der Waals surface area contributed by atoms with Crippen LogP contribution in [0, 0.1) is 5.92 Å². The van der Waals surface area contributed by atoms with Gasteiger partial charge >= 0.3 is 6.09 Å². The van der Waals surface area contributed by atoms with E-state index < -0.39 is 24.1 Å². The number of benzene rings is 2. The lowest BCUT2D eigenvalue weighted by Gasteiger charge is -2.24. The summed E-state index contributed by atoms with van der Waals surface area (Å²) in [6, 6.07) is 17.3. The highest BCUT2D eigenvalue weighted by atomic mass is 35.5. The van der Waals surface area contributed by atoms with Gasteiger partial charge in [0.05, 0.1) is 11.8 Å². The van der Waals surface area contributed by atoms with Gasteiger partial charge in [-0.1, -0.05) is 74.5 Å². The minimum absolute atomic E-state index is 0.0812. The Morgan fingerprint density at radius 1 is 0.912 bits per heavy atom. The summed E-state index contributed by atoms with van der Waals surface area (Å²) in [4.78, 5) is 38.5. The molecule has 0 aliphatic carbocycles. The van der Waals surface area contributed by atoms with Crippen molar-refractivity contribution in [3.05, 3.63) is 71.8 Å². The number of nitrogens with one attached hydrogen (secondary N) is 2. The molecule has 0 spiro atoms. The summed E-state index contributed by atoms with van der Waals surface area (Å²) in [5.41, 5.74) is 1.80. The van der Waals surface area contributed by atoms with Crippen molar-refractivity contribution in [3.8, 4) is 0 Å². The van der Waals surface area contributed by atoms with Crippen LogP contribution in [0.15, 0.2) is 60.7 Å². The van der Waals surface area contributed by atoms with E-state index in [4.69, 9.17) is 16.3 Å². The molecule has 0 fully saturated rings. The average Bonchev–Trinajstić information content (AvgIpc) is 2.83. The van der Waals surface area contributed by atoms with Gasteiger partial charge in [0.25, 0.3) is 0 Å². The molecule has 0 saturated carbocycles. The van der Waals surface area contributed by atoms with E-state index in [1.54, 1.807) is 0 Å². The van der Waals surface area contributed by atoms with Gasteiger partial charge in [-0.05, 0) is 29.9 Å². The Hall–Kier alpha value is -2.51. The number of hydrogen-bond acceptors (Lipinski definition) is 5. The summed E-state index contributed by atoms with van der Waals surface area (Å²) in [6.45, 7) is 4.04. The van der Waals surface area contributed by atoms with Crippen LogP contribution in [0.1, 0.15) is 31.4 Å². The summed E-state index contributed by atoms with van der Waals surface area (Å²) >= 11 is 7.17. The first kappa shape index (κ1) is 27.7. The van der Waals surface area contributed by atoms with Crippen LogP contribution in [0.5, 0.6) is 0 Å². The van der Waals surface area contributed by atoms with Crippen LogP contribution in [0.3, 0.4) is 0 Å². The number of alkyl carbamates (subject to hydrolysis) is 1. The topological polar surface area (TPSA) is 84.5 Å². The first-order valence-corrected chi connectivity index (χ1v) is 13.1. The molecule has 0 saturated heterocycles. The van der Waals surface area contributed by atoms with Gasteiger partial charge in [0, 0.05) is 11.6 Å². The van der Waals surface area contributed by atoms with Crippen molar-refractivity contribution < 1.29 is 19.1 Å². The maximum absolute atomic E-state index is 13.2. The second-order valence-corrected chi connectivity index (χ2v) is 9.83. The minimum atomic E-state index is -0.815. The van der Waals surface area contributed by atoms with Crippen LogP contribution >= 0.6 is 23.4 Å². The number of alkyl halides is 1. The van der Waals surface area contributed by atoms with Gasteiger partial charge in [-0.3, -0.25) is 9.59 Å². The number of carbonyl (C=O) groups is 3. The van der Waals surface area contributed by atoms with Crippen LogP contribution in [-0.4, -0.2) is 47.3 Å². The van der Waals surface area contributed by atoms with Crippen LogP contribution < -0.4 is 10.6 Å². The standard InChI is InChI=1S/C26H33ClN2O4S/c1-19(2)15-23(29-26(32)33-17-21-11-7-4-8-12-21)25(31)28-22(24(30)18-34-14-13-27)16-20-9-5-3-6-10-20/h3-12,19,22-23H,13-18H2,1-2H3,(H,28,31)(H,29,32). The molecule has 2 unspecified atom stereocenters. The number of rotatable bonds is 14. The largest absolute Gasteiger partial charge is 0.445 e. The second kappa shape index (κ2) is 15.4. The van der Waals surface area contributed by atoms with Gasteiger partial charge in [0.15, 0.2) is 5.78 Å². The van der Waals surface area contributed by atoms with Gasteiger partial charge in [0.1, 0.15) is 12.6 Å². The molecule has 2 amide bonds. The summed E-state index contributed by atoms with van der Waals surface area (Å²) in [6.07, 6.45) is 0.118. The van der Waals surface area contributed by atoms with E-state index in [-0.39, 0.29) is 24.1 Å².